The van der Waals surface area contributed by atoms with Crippen molar-refractivity contribution in [1.29, 1.82) is 0 Å². The fourth-order valence-electron chi connectivity index (χ4n) is 4.85. The normalized spacial score (nSPS) is 15.1. The minimum atomic E-state index is -1.42. The lowest BCUT2D eigenvalue weighted by Gasteiger charge is -2.26. The third-order valence-corrected chi connectivity index (χ3v) is 6.77. The number of ketones is 2. The van der Waals surface area contributed by atoms with Gasteiger partial charge in [-0.1, -0.05) is 84.9 Å². The highest BCUT2D eigenvalue weighted by atomic mass is 16.4. The highest BCUT2D eigenvalue weighted by Gasteiger charge is 2.28. The van der Waals surface area contributed by atoms with Crippen LogP contribution in [0.25, 0.3) is 0 Å². The van der Waals surface area contributed by atoms with Crippen molar-refractivity contribution < 1.29 is 24.1 Å². The van der Waals surface area contributed by atoms with E-state index in [0.717, 1.165) is 24.2 Å². The van der Waals surface area contributed by atoms with Crippen LogP contribution in [-0.2, 0) is 11.3 Å². The lowest BCUT2D eigenvalue weighted by Crippen LogP contribution is -2.43. The quantitative estimate of drug-likeness (QED) is 0.293. The summed E-state index contributed by atoms with van der Waals surface area (Å²) in [6.07, 6.45) is 6.45. The summed E-state index contributed by atoms with van der Waals surface area (Å²) in [7, 11) is 0. The molecule has 190 valence electrons. The molecule has 5 rings (SSSR count). The van der Waals surface area contributed by atoms with Gasteiger partial charge in [-0.2, -0.15) is 0 Å². The van der Waals surface area contributed by atoms with Gasteiger partial charge in [0.2, 0.25) is 5.84 Å². The number of hydrogen-bond acceptors (Lipinski definition) is 4. The molecule has 3 aromatic carbocycles. The molecule has 0 radical (unpaired) electrons. The van der Waals surface area contributed by atoms with Crippen molar-refractivity contribution in [3.63, 3.8) is 0 Å². The number of benzene rings is 3. The largest absolute Gasteiger partial charge is 0.475 e. The summed E-state index contributed by atoms with van der Waals surface area (Å²) in [4.78, 5) is 36.0. The van der Waals surface area contributed by atoms with Gasteiger partial charge in [-0.3, -0.25) is 19.1 Å². The van der Waals surface area contributed by atoms with Crippen LogP contribution in [0, 0.1) is 0 Å². The van der Waals surface area contributed by atoms with Crippen LogP contribution < -0.4 is 0 Å². The van der Waals surface area contributed by atoms with Crippen molar-refractivity contribution >= 4 is 23.4 Å². The molecule has 6 heteroatoms. The molecule has 0 atom stereocenters. The Kier molecular flexibility index (Phi) is 8.98. The van der Waals surface area contributed by atoms with Gasteiger partial charge in [0.25, 0.3) is 5.78 Å². The Bertz CT molecular complexity index is 1250. The molecule has 0 bridgehead atoms. The highest BCUT2D eigenvalue weighted by Crippen LogP contribution is 2.18. The lowest BCUT2D eigenvalue weighted by atomic mass is 10.0. The van der Waals surface area contributed by atoms with Crippen LogP contribution in [0.4, 0.5) is 0 Å². The van der Waals surface area contributed by atoms with Crippen molar-refractivity contribution in [3.8, 4) is 0 Å². The van der Waals surface area contributed by atoms with E-state index in [1.807, 2.05) is 42.5 Å². The van der Waals surface area contributed by atoms with E-state index in [4.69, 9.17) is 5.11 Å². The average Bonchev–Trinajstić information content (AvgIpc) is 3.20. The SMILES string of the molecule is O=C(O)C(=O)c1ccccc1.O=C(c1ccccc1)c1ccc(CN2CCC[N+]3=C2CCCCC3)cc1. The first kappa shape index (κ1) is 26.0. The first-order valence-corrected chi connectivity index (χ1v) is 12.9. The molecule has 2 heterocycles. The van der Waals surface area contributed by atoms with Gasteiger partial charge < -0.3 is 5.11 Å². The summed E-state index contributed by atoms with van der Waals surface area (Å²) in [5.41, 5.74) is 3.01. The van der Waals surface area contributed by atoms with Gasteiger partial charge in [-0.25, -0.2) is 4.79 Å². The third-order valence-electron chi connectivity index (χ3n) is 6.77. The molecule has 0 saturated carbocycles. The number of amidine groups is 1. The Morgan fingerprint density at radius 1 is 0.703 bits per heavy atom. The Hall–Kier alpha value is -4.06. The Morgan fingerprint density at radius 3 is 1.95 bits per heavy atom. The van der Waals surface area contributed by atoms with Crippen molar-refractivity contribution in [2.45, 2.75) is 38.6 Å². The van der Waals surface area contributed by atoms with E-state index in [2.05, 4.69) is 21.6 Å². The van der Waals surface area contributed by atoms with Gasteiger partial charge in [0.15, 0.2) is 5.78 Å². The fraction of sp³-hybridized carbons (Fsp3) is 0.290. The van der Waals surface area contributed by atoms with E-state index >= 15 is 0 Å². The second-order valence-electron chi connectivity index (χ2n) is 9.38. The average molecular weight is 498 g/mol. The van der Waals surface area contributed by atoms with Crippen LogP contribution in [0.1, 0.15) is 63.9 Å². The fourth-order valence-corrected chi connectivity index (χ4v) is 4.85. The van der Waals surface area contributed by atoms with Gasteiger partial charge in [0, 0.05) is 29.5 Å². The summed E-state index contributed by atoms with van der Waals surface area (Å²) < 4.78 is 2.60. The zero-order valence-corrected chi connectivity index (χ0v) is 21.0. The van der Waals surface area contributed by atoms with Crippen LogP contribution in [0.15, 0.2) is 84.9 Å². The number of hydrogen-bond donors (Lipinski definition) is 1. The molecule has 3 aromatic rings. The predicted molar refractivity (Wildman–Crippen MR) is 143 cm³/mol. The molecule has 2 aliphatic heterocycles. The minimum Gasteiger partial charge on any atom is -0.475 e. The zero-order chi connectivity index (χ0) is 26.0. The van der Waals surface area contributed by atoms with Gasteiger partial charge in [0.1, 0.15) is 6.54 Å². The second kappa shape index (κ2) is 12.8. The van der Waals surface area contributed by atoms with Crippen LogP contribution >= 0.6 is 0 Å². The summed E-state index contributed by atoms with van der Waals surface area (Å²) in [5.74, 6) is -0.653. The Labute approximate surface area is 217 Å². The van der Waals surface area contributed by atoms with Gasteiger partial charge in [-0.05, 0) is 24.8 Å². The van der Waals surface area contributed by atoms with E-state index < -0.39 is 11.8 Å². The maximum Gasteiger partial charge on any atom is 0.377 e. The molecule has 0 aromatic heterocycles. The zero-order valence-electron chi connectivity index (χ0n) is 21.0. The molecule has 0 amide bonds. The van der Waals surface area contributed by atoms with Crippen molar-refractivity contribution in [2.75, 3.05) is 19.6 Å². The summed E-state index contributed by atoms with van der Waals surface area (Å²) in [5, 5.41) is 8.29. The van der Waals surface area contributed by atoms with Crippen LogP contribution in [0.5, 0.6) is 0 Å². The van der Waals surface area contributed by atoms with Gasteiger partial charge in [-0.15, -0.1) is 0 Å². The van der Waals surface area contributed by atoms with Crippen LogP contribution in [0.2, 0.25) is 0 Å². The molecule has 0 aliphatic carbocycles. The monoisotopic (exact) mass is 497 g/mol. The highest BCUT2D eigenvalue weighted by molar-refractivity contribution is 6.39. The molecule has 1 N–H and O–H groups in total. The number of carbonyl (C=O) groups is 3. The molecule has 0 fully saturated rings. The lowest BCUT2D eigenvalue weighted by molar-refractivity contribution is -0.539. The summed E-state index contributed by atoms with van der Waals surface area (Å²) in [6.45, 7) is 4.54. The van der Waals surface area contributed by atoms with Crippen molar-refractivity contribution in [1.82, 2.24) is 4.90 Å². The minimum absolute atomic E-state index is 0.0967. The summed E-state index contributed by atoms with van der Waals surface area (Å²) >= 11 is 0. The van der Waals surface area contributed by atoms with E-state index in [1.54, 1.807) is 18.2 Å². The maximum absolute atomic E-state index is 12.6. The predicted octanol–water partition coefficient (Wildman–Crippen LogP) is 5.06. The number of carbonyl (C=O) groups excluding carboxylic acids is 2. The molecule has 0 spiro atoms. The number of carboxylic acids is 1. The van der Waals surface area contributed by atoms with Gasteiger partial charge >= 0.3 is 5.97 Å². The van der Waals surface area contributed by atoms with E-state index in [-0.39, 0.29) is 11.3 Å². The van der Waals surface area contributed by atoms with Crippen molar-refractivity contribution in [2.24, 2.45) is 0 Å². The summed E-state index contributed by atoms with van der Waals surface area (Å²) in [6, 6.07) is 25.6. The smallest absolute Gasteiger partial charge is 0.377 e. The topological polar surface area (TPSA) is 77.7 Å². The van der Waals surface area contributed by atoms with Crippen molar-refractivity contribution in [3.05, 3.63) is 107 Å². The number of carboxylic acid groups (broad SMARTS) is 1. The molecule has 0 unspecified atom stereocenters. The number of rotatable bonds is 6. The standard InChI is InChI=1S/C23H27N2O.C8H6O3/c26-23(20-8-3-1-4-9-20)21-13-11-19(12-14-21)18-25-17-7-16-24-15-6-2-5-10-22(24)25;9-7(8(10)11)6-4-2-1-3-5-6/h1,3-4,8-9,11-14H,2,5-7,10,15-18H2;1-5H,(H,10,11)/q+1;. The van der Waals surface area contributed by atoms with E-state index in [9.17, 15) is 14.4 Å². The van der Waals surface area contributed by atoms with E-state index in [0.29, 0.717) is 0 Å². The van der Waals surface area contributed by atoms with Gasteiger partial charge in [0.05, 0.1) is 19.6 Å². The third kappa shape index (κ3) is 7.00. The number of aliphatic carboxylic acids is 1. The number of Topliss-reactive ketones (excluding diaryl/α,β-unsaturated/α-hetero) is 1. The Balaban J connectivity index is 0.000000245. The molecule has 0 saturated heterocycles. The first-order chi connectivity index (χ1) is 18.0. The molecule has 37 heavy (non-hydrogen) atoms. The van der Waals surface area contributed by atoms with E-state index in [1.165, 1.54) is 68.7 Å². The second-order valence-corrected chi connectivity index (χ2v) is 9.38. The number of nitrogens with zero attached hydrogens (tertiary/aromatic N) is 2. The van der Waals surface area contributed by atoms with Crippen LogP contribution in [0.3, 0.4) is 0 Å². The molecule has 2 aliphatic rings. The maximum atomic E-state index is 12.6. The first-order valence-electron chi connectivity index (χ1n) is 12.9. The molecular formula is C31H33N2O4+. The molecule has 6 nitrogen and oxygen atoms in total. The Morgan fingerprint density at radius 2 is 1.30 bits per heavy atom. The van der Waals surface area contributed by atoms with Crippen LogP contribution in [-0.4, -0.2) is 57.6 Å². The molecular weight excluding hydrogens is 464 g/mol.